The number of furan rings is 1. The second-order valence-corrected chi connectivity index (χ2v) is 6.63. The first kappa shape index (κ1) is 14.2. The van der Waals surface area contributed by atoms with Crippen LogP contribution in [0.2, 0.25) is 0 Å². The Balaban J connectivity index is 1.65. The molecule has 2 saturated heterocycles. The van der Waals surface area contributed by atoms with Gasteiger partial charge >= 0.3 is 0 Å². The maximum atomic E-state index is 5.54. The molecule has 0 amide bonds. The number of nitrogens with one attached hydrogen (secondary N) is 1. The molecule has 0 aliphatic carbocycles. The van der Waals surface area contributed by atoms with Gasteiger partial charge in [-0.05, 0) is 57.7 Å². The van der Waals surface area contributed by atoms with Gasteiger partial charge in [-0.25, -0.2) is 0 Å². The van der Waals surface area contributed by atoms with E-state index in [1.807, 2.05) is 6.07 Å². The Morgan fingerprint density at radius 3 is 2.70 bits per heavy atom. The van der Waals surface area contributed by atoms with Crippen LogP contribution in [-0.2, 0) is 6.42 Å². The van der Waals surface area contributed by atoms with Crippen LogP contribution < -0.4 is 5.32 Å². The summed E-state index contributed by atoms with van der Waals surface area (Å²) in [5, 5.41) is 3.76. The van der Waals surface area contributed by atoms with Crippen molar-refractivity contribution in [2.75, 3.05) is 6.54 Å². The van der Waals surface area contributed by atoms with Crippen LogP contribution in [-0.4, -0.2) is 35.6 Å². The van der Waals surface area contributed by atoms with Crippen molar-refractivity contribution in [3.05, 3.63) is 24.2 Å². The van der Waals surface area contributed by atoms with Crippen LogP contribution in [0.3, 0.4) is 0 Å². The third-order valence-corrected chi connectivity index (χ3v) is 5.04. The number of nitrogens with zero attached hydrogens (tertiary/aromatic N) is 1. The molecule has 3 heterocycles. The van der Waals surface area contributed by atoms with Gasteiger partial charge in [0.15, 0.2) is 0 Å². The molecule has 112 valence electrons. The maximum Gasteiger partial charge on any atom is 0.105 e. The van der Waals surface area contributed by atoms with Crippen LogP contribution in [0.15, 0.2) is 22.8 Å². The van der Waals surface area contributed by atoms with Crippen LogP contribution >= 0.6 is 0 Å². The van der Waals surface area contributed by atoms with Gasteiger partial charge in [-0.1, -0.05) is 6.92 Å². The van der Waals surface area contributed by atoms with Crippen molar-refractivity contribution in [3.8, 4) is 0 Å². The van der Waals surface area contributed by atoms with Crippen molar-refractivity contribution in [1.82, 2.24) is 10.2 Å². The summed E-state index contributed by atoms with van der Waals surface area (Å²) < 4.78 is 5.54. The monoisotopic (exact) mass is 276 g/mol. The van der Waals surface area contributed by atoms with Gasteiger partial charge in [0, 0.05) is 30.6 Å². The van der Waals surface area contributed by atoms with E-state index in [1.165, 1.54) is 38.6 Å². The highest BCUT2D eigenvalue weighted by atomic mass is 16.3. The smallest absolute Gasteiger partial charge is 0.105 e. The molecule has 1 aromatic rings. The molecule has 3 nitrogen and oxygen atoms in total. The fourth-order valence-electron chi connectivity index (χ4n) is 4.16. The zero-order valence-corrected chi connectivity index (χ0v) is 12.8. The maximum absolute atomic E-state index is 5.54. The zero-order chi connectivity index (χ0) is 13.9. The van der Waals surface area contributed by atoms with Gasteiger partial charge in [0.2, 0.25) is 0 Å². The Kier molecular flexibility index (Phi) is 4.47. The van der Waals surface area contributed by atoms with Gasteiger partial charge in [-0.15, -0.1) is 0 Å². The third kappa shape index (κ3) is 3.09. The molecule has 3 heteroatoms. The molecule has 3 rings (SSSR count). The first-order valence-electron chi connectivity index (χ1n) is 8.30. The largest absolute Gasteiger partial charge is 0.469 e. The Morgan fingerprint density at radius 1 is 1.35 bits per heavy atom. The topological polar surface area (TPSA) is 28.4 Å². The van der Waals surface area contributed by atoms with Crippen molar-refractivity contribution in [2.24, 2.45) is 0 Å². The molecule has 3 unspecified atom stereocenters. The van der Waals surface area contributed by atoms with Crippen molar-refractivity contribution in [3.63, 3.8) is 0 Å². The molecule has 2 aliphatic heterocycles. The van der Waals surface area contributed by atoms with Crippen LogP contribution in [0.25, 0.3) is 0 Å². The Hall–Kier alpha value is -0.800. The quantitative estimate of drug-likeness (QED) is 0.865. The summed E-state index contributed by atoms with van der Waals surface area (Å²) in [6.45, 7) is 5.87. The SMILES string of the molecule is CCCN(C(C)Cc1ccco1)C1CC2CCC(C1)N2. The van der Waals surface area contributed by atoms with E-state index in [1.54, 1.807) is 6.26 Å². The summed E-state index contributed by atoms with van der Waals surface area (Å²) in [5.74, 6) is 1.12. The van der Waals surface area contributed by atoms with E-state index in [0.717, 1.165) is 30.3 Å². The van der Waals surface area contributed by atoms with Crippen molar-refractivity contribution < 1.29 is 4.42 Å². The Labute approximate surface area is 122 Å². The number of fused-ring (bicyclic) bond motifs is 2. The lowest BCUT2D eigenvalue weighted by Crippen LogP contribution is -2.51. The normalized spacial score (nSPS) is 30.9. The minimum atomic E-state index is 0.573. The lowest BCUT2D eigenvalue weighted by Gasteiger charge is -2.41. The summed E-state index contributed by atoms with van der Waals surface area (Å²) in [6.07, 6.45) is 9.49. The minimum absolute atomic E-state index is 0.573. The van der Waals surface area contributed by atoms with Gasteiger partial charge in [0.05, 0.1) is 6.26 Å². The number of rotatable bonds is 6. The second-order valence-electron chi connectivity index (χ2n) is 6.63. The Morgan fingerprint density at radius 2 is 2.10 bits per heavy atom. The zero-order valence-electron chi connectivity index (χ0n) is 12.8. The van der Waals surface area contributed by atoms with Gasteiger partial charge in [0.25, 0.3) is 0 Å². The van der Waals surface area contributed by atoms with Crippen LogP contribution in [0.5, 0.6) is 0 Å². The van der Waals surface area contributed by atoms with Gasteiger partial charge in [0.1, 0.15) is 5.76 Å². The Bertz CT molecular complexity index is 391. The number of piperidine rings is 1. The fourth-order valence-corrected chi connectivity index (χ4v) is 4.16. The molecule has 2 bridgehead atoms. The highest BCUT2D eigenvalue weighted by Gasteiger charge is 2.37. The summed E-state index contributed by atoms with van der Waals surface area (Å²) in [5.41, 5.74) is 0. The first-order chi connectivity index (χ1) is 9.76. The standard InChI is InChI=1S/C17H28N2O/c1-3-8-19(13(2)10-17-5-4-9-20-17)16-11-14-6-7-15(12-16)18-14/h4-5,9,13-16,18H,3,6-8,10-12H2,1-2H3. The van der Waals surface area contributed by atoms with Crippen molar-refractivity contribution in [2.45, 2.75) is 76.5 Å². The predicted octanol–water partition coefficient (Wildman–Crippen LogP) is 3.21. The van der Waals surface area contributed by atoms with Crippen LogP contribution in [0, 0.1) is 0 Å². The van der Waals surface area contributed by atoms with E-state index in [9.17, 15) is 0 Å². The van der Waals surface area contributed by atoms with Crippen molar-refractivity contribution >= 4 is 0 Å². The predicted molar refractivity (Wildman–Crippen MR) is 81.8 cm³/mol. The average molecular weight is 276 g/mol. The highest BCUT2D eigenvalue weighted by Crippen LogP contribution is 2.31. The molecule has 0 radical (unpaired) electrons. The van der Waals surface area contributed by atoms with Gasteiger partial charge < -0.3 is 9.73 Å². The highest BCUT2D eigenvalue weighted by molar-refractivity contribution is 5.02. The lowest BCUT2D eigenvalue weighted by atomic mass is 9.95. The van der Waals surface area contributed by atoms with E-state index in [2.05, 4.69) is 30.1 Å². The van der Waals surface area contributed by atoms with E-state index < -0.39 is 0 Å². The lowest BCUT2D eigenvalue weighted by molar-refractivity contribution is 0.0984. The molecule has 2 fully saturated rings. The molecule has 2 aliphatic rings. The molecule has 20 heavy (non-hydrogen) atoms. The van der Waals surface area contributed by atoms with Crippen molar-refractivity contribution in [1.29, 1.82) is 0 Å². The molecule has 3 atom stereocenters. The molecule has 0 spiro atoms. The second kappa shape index (κ2) is 6.31. The van der Waals surface area contributed by atoms with E-state index in [-0.39, 0.29) is 0 Å². The molecule has 0 aromatic carbocycles. The molecule has 1 N–H and O–H groups in total. The van der Waals surface area contributed by atoms with E-state index in [0.29, 0.717) is 6.04 Å². The fraction of sp³-hybridized carbons (Fsp3) is 0.765. The summed E-state index contributed by atoms with van der Waals surface area (Å²) in [4.78, 5) is 2.74. The third-order valence-electron chi connectivity index (χ3n) is 5.04. The molecule has 1 aromatic heterocycles. The molecular weight excluding hydrogens is 248 g/mol. The van der Waals surface area contributed by atoms with E-state index >= 15 is 0 Å². The summed E-state index contributed by atoms with van der Waals surface area (Å²) in [7, 11) is 0. The number of hydrogen-bond donors (Lipinski definition) is 1. The number of hydrogen-bond acceptors (Lipinski definition) is 3. The van der Waals surface area contributed by atoms with Crippen LogP contribution in [0.4, 0.5) is 0 Å². The van der Waals surface area contributed by atoms with Gasteiger partial charge in [-0.2, -0.15) is 0 Å². The average Bonchev–Trinajstić information content (AvgIpc) is 3.05. The van der Waals surface area contributed by atoms with Crippen LogP contribution in [0.1, 0.15) is 51.7 Å². The summed E-state index contributed by atoms with van der Waals surface area (Å²) >= 11 is 0. The summed E-state index contributed by atoms with van der Waals surface area (Å²) in [6, 6.07) is 6.98. The minimum Gasteiger partial charge on any atom is -0.469 e. The van der Waals surface area contributed by atoms with E-state index in [4.69, 9.17) is 4.42 Å². The first-order valence-corrected chi connectivity index (χ1v) is 8.30. The molecular formula is C17H28N2O. The molecule has 0 saturated carbocycles. The van der Waals surface area contributed by atoms with Gasteiger partial charge in [-0.3, -0.25) is 4.90 Å².